The normalized spacial score (nSPS) is 16.6. The first-order valence-electron chi connectivity index (χ1n) is 15.7. The van der Waals surface area contributed by atoms with Crippen LogP contribution in [0.5, 0.6) is 0 Å². The average molecular weight is 616 g/mol. The second-order valence-corrected chi connectivity index (χ2v) is 17.2. The maximum absolute atomic E-state index is 14.0. The van der Waals surface area contributed by atoms with E-state index in [-0.39, 0.29) is 18.1 Å². The van der Waals surface area contributed by atoms with Crippen LogP contribution in [-0.4, -0.2) is 48.5 Å². The van der Waals surface area contributed by atoms with Gasteiger partial charge in [0.25, 0.3) is 0 Å². The molecule has 0 fully saturated rings. The molecule has 0 amide bonds. The summed E-state index contributed by atoms with van der Waals surface area (Å²) >= 11 is 0. The predicted octanol–water partition coefficient (Wildman–Crippen LogP) is 8.41. The van der Waals surface area contributed by atoms with Gasteiger partial charge in [0.05, 0.1) is 18.6 Å². The zero-order valence-electron chi connectivity index (χ0n) is 28.4. The Morgan fingerprint density at radius 1 is 1.12 bits per heavy atom. The number of aryl methyl sites for hydroxylation is 1. The number of aromatic nitrogens is 1. The monoisotopic (exact) mass is 615 g/mol. The number of Topliss-reactive ketones (excluding diaryl/α,β-unsaturated/α-hetero) is 1. The molecular weight excluding hydrogens is 558 g/mol. The van der Waals surface area contributed by atoms with Crippen LogP contribution < -0.4 is 0 Å². The van der Waals surface area contributed by atoms with E-state index in [2.05, 4.69) is 38.9 Å². The second-order valence-electron chi connectivity index (χ2n) is 12.5. The molecule has 242 valence electrons. The minimum Gasteiger partial charge on any atom is -0.457 e. The summed E-state index contributed by atoms with van der Waals surface area (Å²) in [5.74, 6) is -0.773. The number of oxazole rings is 1. The van der Waals surface area contributed by atoms with E-state index in [0.29, 0.717) is 24.4 Å². The summed E-state index contributed by atoms with van der Waals surface area (Å²) in [5, 5.41) is 11.0. The number of allylic oxidation sites excluding steroid dienone is 3. The molecule has 0 radical (unpaired) electrons. The first kappa shape index (κ1) is 38.5. The van der Waals surface area contributed by atoms with E-state index in [0.717, 1.165) is 29.3 Å². The van der Waals surface area contributed by atoms with Gasteiger partial charge in [-0.15, -0.1) is 6.58 Å². The highest BCUT2D eigenvalue weighted by molar-refractivity contribution is 6.73. The van der Waals surface area contributed by atoms with Gasteiger partial charge < -0.3 is 18.7 Å². The quantitative estimate of drug-likeness (QED) is 0.0680. The van der Waals surface area contributed by atoms with E-state index in [1.165, 1.54) is 0 Å². The molecule has 1 rings (SSSR count). The lowest BCUT2D eigenvalue weighted by atomic mass is 9.73. The molecule has 0 saturated heterocycles. The molecule has 0 unspecified atom stereocenters. The van der Waals surface area contributed by atoms with Gasteiger partial charge in [0.2, 0.25) is 0 Å². The molecule has 0 aliphatic heterocycles. The van der Waals surface area contributed by atoms with Gasteiger partial charge in [0.15, 0.2) is 14.2 Å². The van der Waals surface area contributed by atoms with Crippen molar-refractivity contribution in [3.63, 3.8) is 0 Å². The number of nitrogens with zero attached hydrogens (tertiary/aromatic N) is 1. The van der Waals surface area contributed by atoms with Gasteiger partial charge >= 0.3 is 5.97 Å². The number of aliphatic hydroxyl groups is 1. The van der Waals surface area contributed by atoms with Crippen LogP contribution in [0.2, 0.25) is 18.1 Å². The van der Waals surface area contributed by atoms with Crippen molar-refractivity contribution in [3.05, 3.63) is 60.4 Å². The van der Waals surface area contributed by atoms with E-state index >= 15 is 0 Å². The number of rotatable bonds is 20. The molecule has 1 N–H and O–H groups in total. The first-order chi connectivity index (χ1) is 20.1. The Kier molecular flexibility index (Phi) is 15.8. The van der Waals surface area contributed by atoms with Crippen molar-refractivity contribution in [3.8, 4) is 0 Å². The Hall–Kier alpha value is -2.55. The smallest absolute Gasteiger partial charge is 0.309 e. The summed E-state index contributed by atoms with van der Waals surface area (Å²) < 4.78 is 18.3. The van der Waals surface area contributed by atoms with Crippen LogP contribution in [0.15, 0.2) is 53.2 Å². The molecule has 0 aliphatic carbocycles. The van der Waals surface area contributed by atoms with Crippen LogP contribution in [0, 0.1) is 24.2 Å². The zero-order valence-corrected chi connectivity index (χ0v) is 29.4. The summed E-state index contributed by atoms with van der Waals surface area (Å²) in [6, 6.07) is 2.62. The van der Waals surface area contributed by atoms with Crippen molar-refractivity contribution in [2.75, 3.05) is 0 Å². The lowest BCUT2D eigenvalue weighted by molar-refractivity contribution is -0.153. The maximum Gasteiger partial charge on any atom is 0.309 e. The summed E-state index contributed by atoms with van der Waals surface area (Å²) in [6.45, 7) is 26.9. The number of esters is 1. The Morgan fingerprint density at radius 3 is 2.21 bits per heavy atom. The Morgan fingerprint density at radius 2 is 1.72 bits per heavy atom. The van der Waals surface area contributed by atoms with Crippen molar-refractivity contribution in [2.24, 2.45) is 17.3 Å². The molecule has 1 aromatic heterocycles. The minimum absolute atomic E-state index is 0.0739. The lowest BCUT2D eigenvalue weighted by Crippen LogP contribution is -2.51. The summed E-state index contributed by atoms with van der Waals surface area (Å²) in [7, 11) is -2.23. The molecular formula is C35H57NO6Si. The third-order valence-electron chi connectivity index (χ3n) is 8.93. The third-order valence-corrected chi connectivity index (χ3v) is 13.6. The van der Waals surface area contributed by atoms with E-state index in [4.69, 9.17) is 13.6 Å². The van der Waals surface area contributed by atoms with Gasteiger partial charge in [-0.2, -0.15) is 0 Å². The molecule has 0 saturated carbocycles. The highest BCUT2D eigenvalue weighted by Crippen LogP contribution is 2.37. The number of hydrogen-bond acceptors (Lipinski definition) is 7. The van der Waals surface area contributed by atoms with Gasteiger partial charge in [0.1, 0.15) is 23.8 Å². The van der Waals surface area contributed by atoms with Crippen LogP contribution >= 0.6 is 0 Å². The number of hydrogen-bond donors (Lipinski definition) is 1. The van der Waals surface area contributed by atoms with Crippen LogP contribution in [-0.2, 0) is 18.8 Å². The summed E-state index contributed by atoms with van der Waals surface area (Å²) in [4.78, 5) is 32.0. The molecule has 0 aromatic carbocycles. The molecule has 43 heavy (non-hydrogen) atoms. The van der Waals surface area contributed by atoms with Gasteiger partial charge in [-0.1, -0.05) is 78.8 Å². The Bertz CT molecular complexity index is 1120. The maximum atomic E-state index is 14.0. The largest absolute Gasteiger partial charge is 0.457 e. The van der Waals surface area contributed by atoms with Crippen molar-refractivity contribution in [1.29, 1.82) is 0 Å². The van der Waals surface area contributed by atoms with E-state index in [9.17, 15) is 14.7 Å². The average Bonchev–Trinajstić information content (AvgIpc) is 3.39. The topological polar surface area (TPSA) is 98.9 Å². The van der Waals surface area contributed by atoms with Crippen LogP contribution in [0.3, 0.4) is 0 Å². The molecule has 1 heterocycles. The minimum atomic E-state index is -2.23. The van der Waals surface area contributed by atoms with Crippen LogP contribution in [0.25, 0.3) is 6.08 Å². The van der Waals surface area contributed by atoms with Crippen LogP contribution in [0.1, 0.15) is 93.2 Å². The summed E-state index contributed by atoms with van der Waals surface area (Å²) in [6.07, 6.45) is 7.81. The van der Waals surface area contributed by atoms with Crippen molar-refractivity contribution >= 4 is 26.1 Å². The van der Waals surface area contributed by atoms with Gasteiger partial charge in [-0.05, 0) is 56.0 Å². The Balaban J connectivity index is 3.42. The van der Waals surface area contributed by atoms with Crippen molar-refractivity contribution in [1.82, 2.24) is 4.98 Å². The fraction of sp³-hybridized carbons (Fsp3) is 0.629. The predicted molar refractivity (Wildman–Crippen MR) is 178 cm³/mol. The fourth-order valence-electron chi connectivity index (χ4n) is 5.38. The highest BCUT2D eigenvalue weighted by atomic mass is 28.4. The number of ketones is 1. The number of ether oxygens (including phenoxy) is 1. The van der Waals surface area contributed by atoms with E-state index < -0.39 is 43.9 Å². The first-order valence-corrected chi connectivity index (χ1v) is 18.2. The molecule has 0 spiro atoms. The van der Waals surface area contributed by atoms with E-state index in [1.807, 2.05) is 46.8 Å². The number of carbonyl (C=O) groups excluding carboxylic acids is 2. The molecule has 1 aromatic rings. The van der Waals surface area contributed by atoms with Crippen molar-refractivity contribution < 1.29 is 28.3 Å². The number of carbonyl (C=O) groups is 2. The summed E-state index contributed by atoms with van der Waals surface area (Å²) in [5.41, 5.74) is 1.40. The molecule has 0 aliphatic rings. The second kappa shape index (κ2) is 17.7. The van der Waals surface area contributed by atoms with Gasteiger partial charge in [-0.25, -0.2) is 4.98 Å². The van der Waals surface area contributed by atoms with Crippen LogP contribution in [0.4, 0.5) is 0 Å². The third kappa shape index (κ3) is 11.1. The fourth-order valence-corrected chi connectivity index (χ4v) is 8.36. The zero-order chi connectivity index (χ0) is 33.0. The Labute approximate surface area is 261 Å². The molecule has 5 atom stereocenters. The molecule has 7 nitrogen and oxygen atoms in total. The molecule has 0 bridgehead atoms. The van der Waals surface area contributed by atoms with Crippen molar-refractivity contribution in [2.45, 2.75) is 125 Å². The number of aliphatic hydroxyl groups excluding tert-OH is 1. The molecule has 8 heteroatoms. The van der Waals surface area contributed by atoms with E-state index in [1.54, 1.807) is 32.3 Å². The highest BCUT2D eigenvalue weighted by Gasteiger charge is 2.46. The SMILES string of the molecule is C=CC[C@H](C)[C@H](O)[C@@H](C)C(=O)C(C)(C)[C@H](CC(=O)O[C@@H](C/C=C(/C)C=C)/C(C)=C/c1coc(C)n1)O[Si](CC)(CC)CC. The van der Waals surface area contributed by atoms with Gasteiger partial charge in [0, 0.05) is 24.7 Å². The standard InChI is InChI=1S/C35H57NO6Si/c1-13-18-25(7)33(38)27(9)34(39)35(11,12)31(42-43(15-3,16-4)17-5)22-32(37)41-30(20-19-24(6)14-2)26(8)21-29-23-40-28(10)36-29/h13-14,19,21,23,25,27,30-31,33,38H,1-2,15-18,20,22H2,3-12H3/b24-19-,26-21+/t25-,27+,30-,31-,33-/m0/s1. The lowest BCUT2D eigenvalue weighted by Gasteiger charge is -2.42. The van der Waals surface area contributed by atoms with Gasteiger partial charge in [-0.3, -0.25) is 9.59 Å².